The van der Waals surface area contributed by atoms with Crippen LogP contribution < -0.4 is 4.74 Å². The highest BCUT2D eigenvalue weighted by atomic mass is 16.5. The van der Waals surface area contributed by atoms with Gasteiger partial charge in [0.05, 0.1) is 0 Å². The number of benzene rings is 1. The van der Waals surface area contributed by atoms with Crippen LogP contribution in [0.15, 0.2) is 24.3 Å². The standard InChI is InChI=1S/C8H9NO2/c9-5-6-11-8-4-2-1-3-7(8)10/h1-5,9-10H,6H2. The summed E-state index contributed by atoms with van der Waals surface area (Å²) < 4.78 is 4.99. The molecule has 3 nitrogen and oxygen atoms in total. The van der Waals surface area contributed by atoms with Crippen LogP contribution in [0.25, 0.3) is 0 Å². The molecule has 2 N–H and O–H groups in total. The van der Waals surface area contributed by atoms with Gasteiger partial charge in [0.15, 0.2) is 11.5 Å². The highest BCUT2D eigenvalue weighted by Gasteiger charge is 1.96. The molecule has 1 rings (SSSR count). The van der Waals surface area contributed by atoms with Crippen molar-refractivity contribution in [2.75, 3.05) is 6.61 Å². The number of aromatic hydroxyl groups is 1. The Labute approximate surface area is 64.8 Å². The lowest BCUT2D eigenvalue weighted by Gasteiger charge is -2.03. The zero-order valence-electron chi connectivity index (χ0n) is 5.95. The molecule has 0 aliphatic rings. The van der Waals surface area contributed by atoms with Crippen LogP contribution in [0, 0.1) is 5.41 Å². The molecule has 3 heteroatoms. The zero-order chi connectivity index (χ0) is 8.10. The van der Waals surface area contributed by atoms with Crippen molar-refractivity contribution in [3.63, 3.8) is 0 Å². The van der Waals surface area contributed by atoms with E-state index in [9.17, 15) is 0 Å². The Bertz CT molecular complexity index is 248. The fraction of sp³-hybridized carbons (Fsp3) is 0.125. The van der Waals surface area contributed by atoms with Crippen molar-refractivity contribution in [2.24, 2.45) is 0 Å². The minimum absolute atomic E-state index is 0.106. The van der Waals surface area contributed by atoms with Gasteiger partial charge in [0.2, 0.25) is 0 Å². The summed E-state index contributed by atoms with van der Waals surface area (Å²) in [7, 11) is 0. The monoisotopic (exact) mass is 151 g/mol. The minimum Gasteiger partial charge on any atom is -0.504 e. The second kappa shape index (κ2) is 3.61. The lowest BCUT2D eigenvalue weighted by Crippen LogP contribution is -1.96. The molecule has 0 fully saturated rings. The van der Waals surface area contributed by atoms with Crippen LogP contribution in [0.4, 0.5) is 0 Å². The van der Waals surface area contributed by atoms with Crippen molar-refractivity contribution in [3.8, 4) is 11.5 Å². The van der Waals surface area contributed by atoms with E-state index in [0.717, 1.165) is 6.21 Å². The SMILES string of the molecule is N=CCOc1ccccc1O. The third kappa shape index (κ3) is 1.97. The van der Waals surface area contributed by atoms with Gasteiger partial charge in [0.1, 0.15) is 6.61 Å². The molecular weight excluding hydrogens is 142 g/mol. The van der Waals surface area contributed by atoms with E-state index >= 15 is 0 Å². The molecule has 0 heterocycles. The zero-order valence-corrected chi connectivity index (χ0v) is 5.95. The molecule has 0 saturated heterocycles. The Morgan fingerprint density at radius 1 is 1.45 bits per heavy atom. The maximum Gasteiger partial charge on any atom is 0.161 e. The Balaban J connectivity index is 2.69. The van der Waals surface area contributed by atoms with Gasteiger partial charge in [-0.15, -0.1) is 0 Å². The molecule has 0 aromatic heterocycles. The van der Waals surface area contributed by atoms with E-state index in [2.05, 4.69) is 0 Å². The van der Waals surface area contributed by atoms with Gasteiger partial charge in [-0.25, -0.2) is 0 Å². The number of nitrogens with one attached hydrogen (secondary N) is 1. The van der Waals surface area contributed by atoms with Crippen molar-refractivity contribution in [2.45, 2.75) is 0 Å². The summed E-state index contributed by atoms with van der Waals surface area (Å²) in [6.45, 7) is 0.192. The summed E-state index contributed by atoms with van der Waals surface area (Å²) in [6, 6.07) is 6.67. The average Bonchev–Trinajstić information content (AvgIpc) is 2.03. The second-order valence-corrected chi connectivity index (χ2v) is 1.98. The fourth-order valence-electron chi connectivity index (χ4n) is 0.711. The predicted octanol–water partition coefficient (Wildman–Crippen LogP) is 1.42. The van der Waals surface area contributed by atoms with Crippen molar-refractivity contribution >= 4 is 6.21 Å². The number of para-hydroxylation sites is 2. The first-order chi connectivity index (χ1) is 5.34. The number of phenolic OH excluding ortho intramolecular Hbond substituents is 1. The summed E-state index contributed by atoms with van der Waals surface area (Å²) in [6.07, 6.45) is 1.13. The third-order valence-electron chi connectivity index (χ3n) is 1.19. The summed E-state index contributed by atoms with van der Waals surface area (Å²) in [5.74, 6) is 0.519. The van der Waals surface area contributed by atoms with E-state index in [-0.39, 0.29) is 12.4 Å². The highest BCUT2D eigenvalue weighted by molar-refractivity contribution is 5.55. The van der Waals surface area contributed by atoms with Gasteiger partial charge >= 0.3 is 0 Å². The maximum atomic E-state index is 9.14. The number of hydrogen-bond acceptors (Lipinski definition) is 3. The van der Waals surface area contributed by atoms with Gasteiger partial charge in [0.25, 0.3) is 0 Å². The van der Waals surface area contributed by atoms with Gasteiger partial charge < -0.3 is 15.3 Å². The quantitative estimate of drug-likeness (QED) is 0.642. The van der Waals surface area contributed by atoms with Crippen LogP contribution in [-0.4, -0.2) is 17.9 Å². The second-order valence-electron chi connectivity index (χ2n) is 1.98. The van der Waals surface area contributed by atoms with E-state index in [0.29, 0.717) is 5.75 Å². The molecular formula is C8H9NO2. The first-order valence-corrected chi connectivity index (χ1v) is 3.24. The van der Waals surface area contributed by atoms with Gasteiger partial charge in [-0.1, -0.05) is 12.1 Å². The molecule has 0 unspecified atom stereocenters. The summed E-state index contributed by atoms with van der Waals surface area (Å²) in [4.78, 5) is 0. The largest absolute Gasteiger partial charge is 0.504 e. The van der Waals surface area contributed by atoms with Gasteiger partial charge in [0, 0.05) is 6.21 Å². The van der Waals surface area contributed by atoms with E-state index in [1.807, 2.05) is 0 Å². The molecule has 0 radical (unpaired) electrons. The predicted molar refractivity (Wildman–Crippen MR) is 42.4 cm³/mol. The number of ether oxygens (including phenoxy) is 1. The lowest BCUT2D eigenvalue weighted by molar-refractivity contribution is 0.349. The van der Waals surface area contributed by atoms with E-state index in [1.54, 1.807) is 24.3 Å². The Morgan fingerprint density at radius 3 is 2.82 bits per heavy atom. The van der Waals surface area contributed by atoms with Crippen molar-refractivity contribution < 1.29 is 9.84 Å². The molecule has 1 aromatic rings. The highest BCUT2D eigenvalue weighted by Crippen LogP contribution is 2.23. The Hall–Kier alpha value is -1.51. The molecule has 1 aromatic carbocycles. The van der Waals surface area contributed by atoms with Crippen LogP contribution in [-0.2, 0) is 0 Å². The molecule has 0 atom stereocenters. The van der Waals surface area contributed by atoms with Crippen LogP contribution >= 0.6 is 0 Å². The van der Waals surface area contributed by atoms with Gasteiger partial charge in [-0.2, -0.15) is 0 Å². The van der Waals surface area contributed by atoms with Crippen molar-refractivity contribution in [1.82, 2.24) is 0 Å². The molecule has 0 spiro atoms. The molecule has 0 amide bonds. The summed E-state index contributed by atoms with van der Waals surface area (Å²) in [5, 5.41) is 15.8. The molecule has 0 aliphatic carbocycles. The van der Waals surface area contributed by atoms with E-state index in [4.69, 9.17) is 15.3 Å². The van der Waals surface area contributed by atoms with E-state index in [1.165, 1.54) is 0 Å². The number of phenols is 1. The minimum atomic E-state index is 0.106. The van der Waals surface area contributed by atoms with Crippen LogP contribution in [0.2, 0.25) is 0 Å². The van der Waals surface area contributed by atoms with Crippen LogP contribution in [0.3, 0.4) is 0 Å². The number of hydrogen-bond donors (Lipinski definition) is 2. The van der Waals surface area contributed by atoms with Gasteiger partial charge in [-0.3, -0.25) is 0 Å². The third-order valence-corrected chi connectivity index (χ3v) is 1.19. The van der Waals surface area contributed by atoms with E-state index < -0.39 is 0 Å². The van der Waals surface area contributed by atoms with Crippen LogP contribution in [0.1, 0.15) is 0 Å². The Morgan fingerprint density at radius 2 is 2.18 bits per heavy atom. The molecule has 0 aliphatic heterocycles. The van der Waals surface area contributed by atoms with Gasteiger partial charge in [-0.05, 0) is 12.1 Å². The maximum absolute atomic E-state index is 9.14. The normalized spacial score (nSPS) is 9.09. The molecule has 0 saturated carbocycles. The van der Waals surface area contributed by atoms with Crippen molar-refractivity contribution in [1.29, 1.82) is 5.41 Å². The fourth-order valence-corrected chi connectivity index (χ4v) is 0.711. The number of rotatable bonds is 3. The smallest absolute Gasteiger partial charge is 0.161 e. The molecule has 58 valence electrons. The average molecular weight is 151 g/mol. The molecule has 11 heavy (non-hydrogen) atoms. The molecule has 0 bridgehead atoms. The van der Waals surface area contributed by atoms with Crippen molar-refractivity contribution in [3.05, 3.63) is 24.3 Å². The first-order valence-electron chi connectivity index (χ1n) is 3.24. The summed E-state index contributed by atoms with van der Waals surface area (Å²) >= 11 is 0. The van der Waals surface area contributed by atoms with Crippen LogP contribution in [0.5, 0.6) is 11.5 Å². The topological polar surface area (TPSA) is 53.3 Å². The lowest BCUT2D eigenvalue weighted by atomic mass is 10.3. The Kier molecular flexibility index (Phi) is 2.49. The summed E-state index contributed by atoms with van der Waals surface area (Å²) in [5.41, 5.74) is 0. The first kappa shape index (κ1) is 7.60.